The van der Waals surface area contributed by atoms with E-state index in [1.54, 1.807) is 0 Å². The van der Waals surface area contributed by atoms with Crippen LogP contribution in [0.5, 0.6) is 0 Å². The van der Waals surface area contributed by atoms with Crippen LogP contribution >= 0.6 is 11.3 Å². The molecule has 2 rings (SSSR count). The van der Waals surface area contributed by atoms with E-state index in [0.29, 0.717) is 0 Å². The third-order valence-electron chi connectivity index (χ3n) is 2.60. The molecule has 0 saturated heterocycles. The monoisotopic (exact) mass is 337 g/mol. The van der Waals surface area contributed by atoms with Gasteiger partial charge in [0.25, 0.3) is 10.0 Å². The van der Waals surface area contributed by atoms with Crippen molar-refractivity contribution in [3.63, 3.8) is 0 Å². The van der Waals surface area contributed by atoms with Gasteiger partial charge in [-0.3, -0.25) is 4.72 Å². The summed E-state index contributed by atoms with van der Waals surface area (Å²) in [5.74, 6) is 0. The molecular weight excluding hydrogens is 327 g/mol. The van der Waals surface area contributed by atoms with Gasteiger partial charge in [0.2, 0.25) is 0 Å². The van der Waals surface area contributed by atoms with Crippen LogP contribution in [-0.4, -0.2) is 13.5 Å². The maximum absolute atomic E-state index is 12.4. The average Bonchev–Trinajstić information content (AvgIpc) is 2.87. The first-order valence-electron chi connectivity index (χ1n) is 5.61. The maximum atomic E-state index is 12.4. The summed E-state index contributed by atoms with van der Waals surface area (Å²) in [7, 11) is -3.94. The number of thiophene rings is 1. The summed E-state index contributed by atoms with van der Waals surface area (Å²) >= 11 is 1.07. The number of rotatable bonds is 4. The molecule has 4 nitrogen and oxygen atoms in total. The number of anilines is 1. The third-order valence-corrected chi connectivity index (χ3v) is 5.10. The van der Waals surface area contributed by atoms with Crippen LogP contribution in [0.3, 0.4) is 0 Å². The van der Waals surface area contributed by atoms with Crippen molar-refractivity contribution in [1.82, 2.24) is 0 Å². The Balaban J connectivity index is 2.25. The molecule has 0 unspecified atom stereocenters. The molecule has 0 radical (unpaired) electrons. The van der Waals surface area contributed by atoms with Crippen molar-refractivity contribution in [1.29, 1.82) is 0 Å². The van der Waals surface area contributed by atoms with Gasteiger partial charge >= 0.3 is 6.18 Å². The van der Waals surface area contributed by atoms with Crippen molar-refractivity contribution < 1.29 is 26.7 Å². The van der Waals surface area contributed by atoms with Crippen molar-refractivity contribution in [2.75, 3.05) is 4.72 Å². The van der Waals surface area contributed by atoms with Crippen LogP contribution in [-0.2, 0) is 22.8 Å². The molecule has 0 amide bonds. The van der Waals surface area contributed by atoms with E-state index in [4.69, 9.17) is 5.11 Å². The molecule has 2 N–H and O–H groups in total. The van der Waals surface area contributed by atoms with Gasteiger partial charge in [0.15, 0.2) is 0 Å². The predicted octanol–water partition coefficient (Wildman–Crippen LogP) is 3.06. The molecular formula is C12H10F3NO3S2. The molecule has 1 heterocycles. The number of halogens is 3. The minimum absolute atomic E-state index is 0.0121. The van der Waals surface area contributed by atoms with Gasteiger partial charge in [0, 0.05) is 5.69 Å². The topological polar surface area (TPSA) is 66.4 Å². The van der Waals surface area contributed by atoms with Crippen molar-refractivity contribution >= 4 is 27.0 Å². The van der Waals surface area contributed by atoms with Gasteiger partial charge < -0.3 is 5.11 Å². The molecule has 1 aromatic carbocycles. The molecule has 1 aromatic heterocycles. The number of nitrogens with one attached hydrogen (secondary N) is 1. The summed E-state index contributed by atoms with van der Waals surface area (Å²) in [6.07, 6.45) is -4.48. The highest BCUT2D eigenvalue weighted by molar-refractivity contribution is 7.93. The van der Waals surface area contributed by atoms with Crippen LogP contribution in [0.4, 0.5) is 18.9 Å². The zero-order valence-electron chi connectivity index (χ0n) is 10.4. The van der Waals surface area contributed by atoms with Gasteiger partial charge in [0.05, 0.1) is 17.0 Å². The number of sulfonamides is 1. The minimum atomic E-state index is -4.48. The number of hydrogen-bond donors (Lipinski definition) is 2. The second-order valence-electron chi connectivity index (χ2n) is 4.05. The summed E-state index contributed by atoms with van der Waals surface area (Å²) in [5, 5.41) is 10.6. The number of alkyl halides is 3. The molecule has 0 atom stereocenters. The SMILES string of the molecule is O=S(=O)(Nc1ccc(C(F)(F)F)cc1)c1ccsc1CO. The van der Waals surface area contributed by atoms with Gasteiger partial charge in [-0.1, -0.05) is 0 Å². The Morgan fingerprint density at radius 2 is 1.76 bits per heavy atom. The molecule has 0 aliphatic rings. The lowest BCUT2D eigenvalue weighted by molar-refractivity contribution is -0.137. The van der Waals surface area contributed by atoms with Crippen LogP contribution in [0, 0.1) is 0 Å². The van der Waals surface area contributed by atoms with Gasteiger partial charge in [-0.2, -0.15) is 13.2 Å². The molecule has 0 spiro atoms. The Labute approximate surface area is 122 Å². The fraction of sp³-hybridized carbons (Fsp3) is 0.167. The zero-order valence-corrected chi connectivity index (χ0v) is 12.0. The normalized spacial score (nSPS) is 12.4. The first-order chi connectivity index (χ1) is 9.74. The first-order valence-corrected chi connectivity index (χ1v) is 7.97. The van der Waals surface area contributed by atoms with Crippen LogP contribution in [0.15, 0.2) is 40.6 Å². The van der Waals surface area contributed by atoms with E-state index < -0.39 is 28.4 Å². The van der Waals surface area contributed by atoms with E-state index in [9.17, 15) is 21.6 Å². The summed E-state index contributed by atoms with van der Waals surface area (Å²) in [5.41, 5.74) is -0.852. The summed E-state index contributed by atoms with van der Waals surface area (Å²) in [6, 6.07) is 4.97. The highest BCUT2D eigenvalue weighted by Gasteiger charge is 2.30. The second-order valence-corrected chi connectivity index (χ2v) is 6.70. The van der Waals surface area contributed by atoms with Crippen molar-refractivity contribution in [2.24, 2.45) is 0 Å². The van der Waals surface area contributed by atoms with E-state index in [-0.39, 0.29) is 15.5 Å². The molecule has 114 valence electrons. The Morgan fingerprint density at radius 1 is 1.14 bits per heavy atom. The van der Waals surface area contributed by atoms with Crippen LogP contribution in [0.25, 0.3) is 0 Å². The van der Waals surface area contributed by atoms with Crippen molar-refractivity contribution in [3.8, 4) is 0 Å². The number of aliphatic hydroxyl groups is 1. The van der Waals surface area contributed by atoms with Crippen LogP contribution in [0.2, 0.25) is 0 Å². The molecule has 0 bridgehead atoms. The highest BCUT2D eigenvalue weighted by atomic mass is 32.2. The van der Waals surface area contributed by atoms with Gasteiger partial charge in [-0.15, -0.1) is 11.3 Å². The van der Waals surface area contributed by atoms with Gasteiger partial charge in [0.1, 0.15) is 4.90 Å². The van der Waals surface area contributed by atoms with E-state index in [2.05, 4.69) is 4.72 Å². The van der Waals surface area contributed by atoms with E-state index in [0.717, 1.165) is 35.6 Å². The van der Waals surface area contributed by atoms with Crippen molar-refractivity contribution in [3.05, 3.63) is 46.2 Å². The molecule has 9 heteroatoms. The number of benzene rings is 1. The van der Waals surface area contributed by atoms with E-state index >= 15 is 0 Å². The Bertz CT molecular complexity index is 721. The molecule has 2 aromatic rings. The first kappa shape index (κ1) is 15.8. The third kappa shape index (κ3) is 3.55. The van der Waals surface area contributed by atoms with Gasteiger partial charge in [-0.05, 0) is 35.7 Å². The maximum Gasteiger partial charge on any atom is 0.416 e. The number of hydrogen-bond acceptors (Lipinski definition) is 4. The predicted molar refractivity (Wildman–Crippen MR) is 72.5 cm³/mol. The average molecular weight is 337 g/mol. The summed E-state index contributed by atoms with van der Waals surface area (Å²) < 4.78 is 63.6. The lowest BCUT2D eigenvalue weighted by Crippen LogP contribution is -2.14. The van der Waals surface area contributed by atoms with Crippen LogP contribution < -0.4 is 4.72 Å². The Hall–Kier alpha value is -1.58. The Kier molecular flexibility index (Phi) is 4.26. The Morgan fingerprint density at radius 3 is 2.29 bits per heavy atom. The largest absolute Gasteiger partial charge is 0.416 e. The smallest absolute Gasteiger partial charge is 0.391 e. The van der Waals surface area contributed by atoms with Crippen molar-refractivity contribution in [2.45, 2.75) is 17.7 Å². The molecule has 0 aliphatic heterocycles. The zero-order chi connectivity index (χ0) is 15.7. The quantitative estimate of drug-likeness (QED) is 0.901. The second kappa shape index (κ2) is 5.66. The fourth-order valence-corrected chi connectivity index (χ4v) is 3.98. The lowest BCUT2D eigenvalue weighted by atomic mass is 10.2. The molecule has 0 saturated carbocycles. The summed E-state index contributed by atoms with van der Waals surface area (Å²) in [6.45, 7) is -0.430. The number of aliphatic hydroxyl groups excluding tert-OH is 1. The van der Waals surface area contributed by atoms with Gasteiger partial charge in [-0.25, -0.2) is 8.42 Å². The minimum Gasteiger partial charge on any atom is -0.391 e. The molecule has 0 aliphatic carbocycles. The molecule has 0 fully saturated rings. The standard InChI is InChI=1S/C12H10F3NO3S2/c13-12(14,15)8-1-3-9(4-2-8)16-21(18,19)11-5-6-20-10(11)7-17/h1-6,16-17H,7H2. The van der Waals surface area contributed by atoms with E-state index in [1.807, 2.05) is 0 Å². The highest BCUT2D eigenvalue weighted by Crippen LogP contribution is 2.30. The summed E-state index contributed by atoms with van der Waals surface area (Å²) in [4.78, 5) is 0.171. The van der Waals surface area contributed by atoms with Crippen LogP contribution in [0.1, 0.15) is 10.4 Å². The lowest BCUT2D eigenvalue weighted by Gasteiger charge is -2.10. The fourth-order valence-electron chi connectivity index (χ4n) is 1.62. The molecule has 21 heavy (non-hydrogen) atoms. The van der Waals surface area contributed by atoms with E-state index in [1.165, 1.54) is 11.4 Å².